The fraction of sp³-hybridized carbons (Fsp3) is 0.636. The number of carbonyl (C=O) groups excluding carboxylic acids is 2. The van der Waals surface area contributed by atoms with Crippen LogP contribution in [0.1, 0.15) is 37.7 Å². The van der Waals surface area contributed by atoms with E-state index >= 15 is 0 Å². The van der Waals surface area contributed by atoms with Crippen molar-refractivity contribution in [3.63, 3.8) is 0 Å². The summed E-state index contributed by atoms with van der Waals surface area (Å²) in [6, 6.07) is 3.23. The standard InChI is InChI=1S/C22H29F3N4O3/c23-22(24,25)17-10-15(6-7-18(17)28-8-9-32-13-20(28)30)27-21(31)19(11-26)29(12-14-4-5-14)16-2-1-3-16/h6-7,10,14,16,19H,1-5,8-9,11-13,26H2,(H,27,31)/t19-/m0/s1. The van der Waals surface area contributed by atoms with Gasteiger partial charge in [-0.2, -0.15) is 13.2 Å². The lowest BCUT2D eigenvalue weighted by atomic mass is 9.89. The van der Waals surface area contributed by atoms with E-state index in [1.54, 1.807) is 0 Å². The molecule has 0 spiro atoms. The summed E-state index contributed by atoms with van der Waals surface area (Å²) in [5, 5.41) is 2.64. The second-order valence-corrected chi connectivity index (χ2v) is 8.79. The van der Waals surface area contributed by atoms with Crippen molar-refractivity contribution in [2.45, 2.75) is 50.4 Å². The summed E-state index contributed by atoms with van der Waals surface area (Å²) < 4.78 is 46.4. The summed E-state index contributed by atoms with van der Waals surface area (Å²) in [7, 11) is 0. The van der Waals surface area contributed by atoms with Crippen molar-refractivity contribution in [1.29, 1.82) is 0 Å². The van der Waals surface area contributed by atoms with Gasteiger partial charge in [0.05, 0.1) is 17.9 Å². The molecule has 1 aromatic rings. The first-order chi connectivity index (χ1) is 15.3. The van der Waals surface area contributed by atoms with Crippen LogP contribution in [0.15, 0.2) is 18.2 Å². The molecule has 4 rings (SSSR count). The molecule has 10 heteroatoms. The predicted molar refractivity (Wildman–Crippen MR) is 113 cm³/mol. The number of carbonyl (C=O) groups is 2. The first-order valence-electron chi connectivity index (χ1n) is 11.1. The SMILES string of the molecule is NC[C@@H](C(=O)Nc1ccc(N2CCOCC2=O)c(C(F)(F)F)c1)N(CC1CC1)C1CCC1. The van der Waals surface area contributed by atoms with Gasteiger partial charge in [-0.3, -0.25) is 14.5 Å². The molecule has 2 amide bonds. The third kappa shape index (κ3) is 5.07. The Kier molecular flexibility index (Phi) is 6.73. The minimum Gasteiger partial charge on any atom is -0.370 e. The van der Waals surface area contributed by atoms with Gasteiger partial charge in [0, 0.05) is 31.4 Å². The molecule has 1 aliphatic heterocycles. The minimum absolute atomic E-state index is 0.0326. The average Bonchev–Trinajstić information content (AvgIpc) is 3.51. The zero-order valence-corrected chi connectivity index (χ0v) is 17.9. The Labute approximate surface area is 185 Å². The number of nitrogens with two attached hydrogens (primary N) is 1. The first-order valence-corrected chi connectivity index (χ1v) is 11.1. The molecule has 3 N–H and O–H groups in total. The quantitative estimate of drug-likeness (QED) is 0.631. The van der Waals surface area contributed by atoms with E-state index in [0.717, 1.165) is 49.6 Å². The van der Waals surface area contributed by atoms with Crippen LogP contribution in [0.5, 0.6) is 0 Å². The van der Waals surface area contributed by atoms with Crippen LogP contribution in [-0.2, 0) is 20.5 Å². The van der Waals surface area contributed by atoms with E-state index in [1.807, 2.05) is 0 Å². The highest BCUT2D eigenvalue weighted by atomic mass is 19.4. The number of hydrogen-bond donors (Lipinski definition) is 2. The normalized spacial score (nSPS) is 20.9. The molecule has 32 heavy (non-hydrogen) atoms. The zero-order chi connectivity index (χ0) is 22.9. The van der Waals surface area contributed by atoms with Gasteiger partial charge in [0.25, 0.3) is 5.91 Å². The van der Waals surface area contributed by atoms with Crippen LogP contribution < -0.4 is 16.0 Å². The van der Waals surface area contributed by atoms with Crippen LogP contribution in [0, 0.1) is 5.92 Å². The second-order valence-electron chi connectivity index (χ2n) is 8.79. The molecule has 0 unspecified atom stereocenters. The Morgan fingerprint density at radius 3 is 2.59 bits per heavy atom. The van der Waals surface area contributed by atoms with Gasteiger partial charge in [-0.15, -0.1) is 0 Å². The average molecular weight is 454 g/mol. The monoisotopic (exact) mass is 454 g/mol. The summed E-state index contributed by atoms with van der Waals surface area (Å²) in [5.74, 6) is -0.360. The third-order valence-corrected chi connectivity index (χ3v) is 6.48. The second kappa shape index (κ2) is 9.36. The van der Waals surface area contributed by atoms with E-state index in [9.17, 15) is 22.8 Å². The number of nitrogens with zero attached hydrogens (tertiary/aromatic N) is 2. The predicted octanol–water partition coefficient (Wildman–Crippen LogP) is 2.60. The molecule has 7 nitrogen and oxygen atoms in total. The maximum absolute atomic E-state index is 13.8. The molecule has 3 aliphatic rings. The van der Waals surface area contributed by atoms with Crippen LogP contribution >= 0.6 is 0 Å². The molecule has 1 saturated heterocycles. The molecule has 1 heterocycles. The molecule has 1 aromatic carbocycles. The fourth-order valence-corrected chi connectivity index (χ4v) is 4.32. The summed E-state index contributed by atoms with van der Waals surface area (Å²) in [5.41, 5.74) is 4.77. The number of nitrogens with one attached hydrogen (secondary N) is 1. The smallest absolute Gasteiger partial charge is 0.370 e. The van der Waals surface area contributed by atoms with Crippen molar-refractivity contribution < 1.29 is 27.5 Å². The lowest BCUT2D eigenvalue weighted by Gasteiger charge is -2.41. The van der Waals surface area contributed by atoms with Crippen LogP contribution in [-0.4, -0.2) is 61.6 Å². The van der Waals surface area contributed by atoms with E-state index in [2.05, 4.69) is 10.2 Å². The van der Waals surface area contributed by atoms with Crippen LogP contribution in [0.3, 0.4) is 0 Å². The lowest BCUT2D eigenvalue weighted by molar-refractivity contribution is -0.137. The number of morpholine rings is 1. The number of anilines is 2. The highest BCUT2D eigenvalue weighted by Gasteiger charge is 2.39. The van der Waals surface area contributed by atoms with Crippen molar-refractivity contribution in [1.82, 2.24) is 4.90 Å². The number of hydrogen-bond acceptors (Lipinski definition) is 5. The molecule has 3 fully saturated rings. The van der Waals surface area contributed by atoms with Gasteiger partial charge in [0.15, 0.2) is 0 Å². The van der Waals surface area contributed by atoms with E-state index < -0.39 is 29.6 Å². The largest absolute Gasteiger partial charge is 0.418 e. The van der Waals surface area contributed by atoms with E-state index in [4.69, 9.17) is 10.5 Å². The number of alkyl halides is 3. The fourth-order valence-electron chi connectivity index (χ4n) is 4.32. The molecule has 0 radical (unpaired) electrons. The Hall–Kier alpha value is -2.17. The topological polar surface area (TPSA) is 87.9 Å². The molecular formula is C22H29F3N4O3. The van der Waals surface area contributed by atoms with Crippen molar-refractivity contribution in [3.8, 4) is 0 Å². The summed E-state index contributed by atoms with van der Waals surface area (Å²) >= 11 is 0. The third-order valence-electron chi connectivity index (χ3n) is 6.48. The maximum Gasteiger partial charge on any atom is 0.418 e. The molecule has 0 bridgehead atoms. The molecule has 2 saturated carbocycles. The highest BCUT2D eigenvalue weighted by molar-refractivity contribution is 5.98. The minimum atomic E-state index is -4.69. The van der Waals surface area contributed by atoms with Crippen LogP contribution in [0.2, 0.25) is 0 Å². The number of benzene rings is 1. The van der Waals surface area contributed by atoms with Gasteiger partial charge >= 0.3 is 6.18 Å². The van der Waals surface area contributed by atoms with Crippen LogP contribution in [0.25, 0.3) is 0 Å². The van der Waals surface area contributed by atoms with Gasteiger partial charge in [-0.05, 0) is 49.8 Å². The van der Waals surface area contributed by atoms with Gasteiger partial charge in [-0.1, -0.05) is 6.42 Å². The summed E-state index contributed by atoms with van der Waals surface area (Å²) in [4.78, 5) is 28.3. The molecule has 176 valence electrons. The van der Waals surface area contributed by atoms with E-state index in [-0.39, 0.29) is 37.7 Å². The highest BCUT2D eigenvalue weighted by Crippen LogP contribution is 2.39. The number of amides is 2. The Morgan fingerprint density at radius 1 is 1.28 bits per heavy atom. The number of ether oxygens (including phenoxy) is 1. The Morgan fingerprint density at radius 2 is 2.03 bits per heavy atom. The number of rotatable bonds is 8. The molecule has 1 atom stereocenters. The molecule has 0 aromatic heterocycles. The van der Waals surface area contributed by atoms with Gasteiger partial charge in [0.2, 0.25) is 5.91 Å². The first kappa shape index (κ1) is 23.0. The molecular weight excluding hydrogens is 425 g/mol. The van der Waals surface area contributed by atoms with E-state index in [0.29, 0.717) is 12.0 Å². The van der Waals surface area contributed by atoms with Crippen molar-refractivity contribution >= 4 is 23.2 Å². The van der Waals surface area contributed by atoms with Crippen molar-refractivity contribution in [2.24, 2.45) is 11.7 Å². The van der Waals surface area contributed by atoms with Crippen LogP contribution in [0.4, 0.5) is 24.5 Å². The lowest BCUT2D eigenvalue weighted by Crippen LogP contribution is -2.55. The summed E-state index contributed by atoms with van der Waals surface area (Å²) in [6.07, 6.45) is 0.721. The van der Waals surface area contributed by atoms with Crippen molar-refractivity contribution in [3.05, 3.63) is 23.8 Å². The van der Waals surface area contributed by atoms with E-state index in [1.165, 1.54) is 12.1 Å². The zero-order valence-electron chi connectivity index (χ0n) is 17.9. The Balaban J connectivity index is 1.54. The van der Waals surface area contributed by atoms with Crippen molar-refractivity contribution in [2.75, 3.05) is 43.1 Å². The summed E-state index contributed by atoms with van der Waals surface area (Å²) in [6.45, 7) is 0.845. The maximum atomic E-state index is 13.8. The van der Waals surface area contributed by atoms with Gasteiger partial charge in [0.1, 0.15) is 12.6 Å². The Bertz CT molecular complexity index is 855. The van der Waals surface area contributed by atoms with Gasteiger partial charge in [-0.25, -0.2) is 0 Å². The molecule has 2 aliphatic carbocycles. The number of halogens is 3. The van der Waals surface area contributed by atoms with Gasteiger partial charge < -0.3 is 20.7 Å².